The number of aryl methyl sites for hydroxylation is 2. The Morgan fingerprint density at radius 1 is 0.951 bits per heavy atom. The Kier molecular flexibility index (Phi) is 12.8. The van der Waals surface area contributed by atoms with Gasteiger partial charge in [0.05, 0.1) is 6.04 Å². The number of aromatic hydroxyl groups is 1. The molecule has 0 aromatic heterocycles. The number of amides is 2. The summed E-state index contributed by atoms with van der Waals surface area (Å²) in [6.45, 7) is 10.9. The molecule has 0 heterocycles. The molecule has 9 heteroatoms. The molecule has 2 rings (SSSR count). The van der Waals surface area contributed by atoms with Crippen molar-refractivity contribution in [2.45, 2.75) is 91.9 Å². The maximum absolute atomic E-state index is 13.5. The van der Waals surface area contributed by atoms with E-state index in [2.05, 4.69) is 10.6 Å². The summed E-state index contributed by atoms with van der Waals surface area (Å²) in [5.74, 6) is -0.771. The monoisotopic (exact) mass is 568 g/mol. The molecule has 0 saturated carbocycles. The van der Waals surface area contributed by atoms with Gasteiger partial charge in [-0.2, -0.15) is 0 Å². The number of hydrogen-bond acceptors (Lipinski definition) is 7. The lowest BCUT2D eigenvalue weighted by Gasteiger charge is -2.25. The largest absolute Gasteiger partial charge is 0.508 e. The summed E-state index contributed by atoms with van der Waals surface area (Å²) in [5.41, 5.74) is 2.58. The molecule has 2 atom stereocenters. The first-order chi connectivity index (χ1) is 19.2. The Hall–Kier alpha value is -3.88. The summed E-state index contributed by atoms with van der Waals surface area (Å²) < 4.78 is 10.6. The first-order valence-electron chi connectivity index (χ1n) is 14.0. The molecule has 9 nitrogen and oxygen atoms in total. The van der Waals surface area contributed by atoms with Crippen LogP contribution in [0, 0.1) is 19.8 Å². The van der Waals surface area contributed by atoms with Gasteiger partial charge in [-0.3, -0.25) is 9.59 Å². The number of carbonyl (C=O) groups is 4. The number of phenolic OH excluding ortho intramolecular Hbond substituents is 1. The second kappa shape index (κ2) is 15.8. The number of alkyl carbamates (subject to hydrolysis) is 2. The second-order valence-corrected chi connectivity index (χ2v) is 11.4. The first-order valence-corrected chi connectivity index (χ1v) is 14.0. The summed E-state index contributed by atoms with van der Waals surface area (Å²) in [4.78, 5) is 50.4. The first kappa shape index (κ1) is 33.3. The Morgan fingerprint density at radius 2 is 1.59 bits per heavy atom. The quantitative estimate of drug-likeness (QED) is 0.249. The van der Waals surface area contributed by atoms with Crippen LogP contribution in [0.2, 0.25) is 0 Å². The van der Waals surface area contributed by atoms with E-state index in [0.717, 1.165) is 22.3 Å². The van der Waals surface area contributed by atoms with E-state index in [9.17, 15) is 24.3 Å². The molecule has 2 aromatic carbocycles. The molecule has 0 saturated heterocycles. The van der Waals surface area contributed by atoms with Crippen LogP contribution in [0.4, 0.5) is 9.59 Å². The lowest BCUT2D eigenvalue weighted by atomic mass is 9.87. The third-order valence-corrected chi connectivity index (χ3v) is 6.65. The predicted molar refractivity (Wildman–Crippen MR) is 157 cm³/mol. The highest BCUT2D eigenvalue weighted by molar-refractivity contribution is 5.91. The van der Waals surface area contributed by atoms with E-state index in [1.54, 1.807) is 32.9 Å². The van der Waals surface area contributed by atoms with E-state index in [4.69, 9.17) is 9.47 Å². The molecule has 41 heavy (non-hydrogen) atoms. The minimum atomic E-state index is -0.908. The number of ketones is 2. The normalized spacial score (nSPS) is 12.6. The van der Waals surface area contributed by atoms with Crippen LogP contribution >= 0.6 is 0 Å². The van der Waals surface area contributed by atoms with Crippen molar-refractivity contribution in [2.75, 3.05) is 6.54 Å². The smallest absolute Gasteiger partial charge is 0.408 e. The van der Waals surface area contributed by atoms with Crippen molar-refractivity contribution in [3.05, 3.63) is 64.7 Å². The molecular formula is C32H44N2O7. The van der Waals surface area contributed by atoms with E-state index in [0.29, 0.717) is 25.8 Å². The van der Waals surface area contributed by atoms with Gasteiger partial charge in [0.25, 0.3) is 0 Å². The van der Waals surface area contributed by atoms with Gasteiger partial charge in [0.15, 0.2) is 5.78 Å². The fourth-order valence-corrected chi connectivity index (χ4v) is 4.51. The highest BCUT2D eigenvalue weighted by Crippen LogP contribution is 2.24. The van der Waals surface area contributed by atoms with Gasteiger partial charge in [-0.1, -0.05) is 36.8 Å². The maximum Gasteiger partial charge on any atom is 0.408 e. The lowest BCUT2D eigenvalue weighted by Crippen LogP contribution is -2.45. The summed E-state index contributed by atoms with van der Waals surface area (Å²) in [5, 5.41) is 15.3. The average molecular weight is 569 g/mol. The summed E-state index contributed by atoms with van der Waals surface area (Å²) in [6.07, 6.45) is 0.658. The van der Waals surface area contributed by atoms with Gasteiger partial charge in [-0.15, -0.1) is 0 Å². The van der Waals surface area contributed by atoms with Crippen LogP contribution in [0.3, 0.4) is 0 Å². The fourth-order valence-electron chi connectivity index (χ4n) is 4.51. The van der Waals surface area contributed by atoms with Crippen molar-refractivity contribution in [2.24, 2.45) is 5.92 Å². The molecular weight excluding hydrogens is 524 g/mol. The van der Waals surface area contributed by atoms with Crippen LogP contribution < -0.4 is 10.6 Å². The minimum absolute atomic E-state index is 0.0292. The number of unbranched alkanes of at least 4 members (excludes halogenated alkanes) is 1. The van der Waals surface area contributed by atoms with Crippen molar-refractivity contribution in [3.63, 3.8) is 0 Å². The molecule has 3 N–H and O–H groups in total. The minimum Gasteiger partial charge on any atom is -0.508 e. The highest BCUT2D eigenvalue weighted by Gasteiger charge is 2.29. The zero-order chi connectivity index (χ0) is 30.6. The number of rotatable bonds is 14. The van der Waals surface area contributed by atoms with Gasteiger partial charge in [-0.05, 0) is 88.8 Å². The third kappa shape index (κ3) is 12.4. The molecule has 0 aliphatic rings. The van der Waals surface area contributed by atoms with Crippen molar-refractivity contribution < 1.29 is 33.8 Å². The number of carbonyl (C=O) groups excluding carboxylic acids is 4. The van der Waals surface area contributed by atoms with E-state index in [1.165, 1.54) is 6.92 Å². The van der Waals surface area contributed by atoms with Crippen LogP contribution in [0.1, 0.15) is 75.6 Å². The molecule has 2 amide bonds. The van der Waals surface area contributed by atoms with E-state index in [1.807, 2.05) is 44.2 Å². The van der Waals surface area contributed by atoms with Crippen LogP contribution in [0.15, 0.2) is 42.5 Å². The molecule has 0 bridgehead atoms. The van der Waals surface area contributed by atoms with Gasteiger partial charge in [0.2, 0.25) is 0 Å². The number of phenols is 1. The highest BCUT2D eigenvalue weighted by atomic mass is 16.6. The van der Waals surface area contributed by atoms with E-state index in [-0.39, 0.29) is 36.8 Å². The number of hydrogen-bond donors (Lipinski definition) is 3. The number of benzene rings is 2. The van der Waals surface area contributed by atoms with E-state index >= 15 is 0 Å². The summed E-state index contributed by atoms with van der Waals surface area (Å²) in [7, 11) is 0. The van der Waals surface area contributed by atoms with Crippen LogP contribution in [-0.4, -0.2) is 47.0 Å². The Labute approximate surface area is 243 Å². The maximum atomic E-state index is 13.5. The Bertz CT molecular complexity index is 1170. The van der Waals surface area contributed by atoms with Crippen molar-refractivity contribution in [1.82, 2.24) is 10.6 Å². The summed E-state index contributed by atoms with van der Waals surface area (Å²) in [6, 6.07) is 11.7. The number of ether oxygens (including phenoxy) is 2. The number of Topliss-reactive ketones (excluding diaryl/α,β-unsaturated/α-hetero) is 2. The van der Waals surface area contributed by atoms with Crippen LogP contribution in [0.25, 0.3) is 0 Å². The van der Waals surface area contributed by atoms with Crippen LogP contribution in [0.5, 0.6) is 5.75 Å². The standard InChI is InChI=1S/C32H44N2O7/c1-21-16-26(36)17-22(2)27(21)19-28(34-31(39)41-32(4,5)6)29(37)18-25(23(3)35)14-10-11-15-33-30(38)40-20-24-12-8-7-9-13-24/h7-9,12-13,16-17,25,28,36H,10-11,14-15,18-20H2,1-6H3,(H,33,38)(H,34,39). The molecule has 224 valence electrons. The molecule has 0 aliphatic heterocycles. The van der Waals surface area contributed by atoms with Crippen LogP contribution in [-0.2, 0) is 32.1 Å². The molecule has 0 radical (unpaired) electrons. The molecule has 0 aliphatic carbocycles. The average Bonchev–Trinajstić information content (AvgIpc) is 2.87. The topological polar surface area (TPSA) is 131 Å². The predicted octanol–water partition coefficient (Wildman–Crippen LogP) is 5.71. The van der Waals surface area contributed by atoms with Gasteiger partial charge in [0, 0.05) is 25.3 Å². The van der Waals surface area contributed by atoms with Gasteiger partial charge >= 0.3 is 12.2 Å². The van der Waals surface area contributed by atoms with Crippen molar-refractivity contribution in [1.29, 1.82) is 0 Å². The van der Waals surface area contributed by atoms with Gasteiger partial charge < -0.3 is 25.2 Å². The molecule has 2 unspecified atom stereocenters. The van der Waals surface area contributed by atoms with Crippen molar-refractivity contribution in [3.8, 4) is 5.75 Å². The number of nitrogens with one attached hydrogen (secondary N) is 2. The SMILES string of the molecule is CC(=O)C(CCCCNC(=O)OCc1ccccc1)CC(=O)C(Cc1c(C)cc(O)cc1C)NC(=O)OC(C)(C)C. The zero-order valence-electron chi connectivity index (χ0n) is 25.0. The molecule has 0 spiro atoms. The third-order valence-electron chi connectivity index (χ3n) is 6.65. The second-order valence-electron chi connectivity index (χ2n) is 11.4. The fraction of sp³-hybridized carbons (Fsp3) is 0.500. The lowest BCUT2D eigenvalue weighted by molar-refractivity contribution is -0.128. The van der Waals surface area contributed by atoms with Gasteiger partial charge in [-0.25, -0.2) is 9.59 Å². The summed E-state index contributed by atoms with van der Waals surface area (Å²) >= 11 is 0. The Morgan fingerprint density at radius 3 is 2.17 bits per heavy atom. The molecule has 2 aromatic rings. The van der Waals surface area contributed by atoms with E-state index < -0.39 is 29.7 Å². The molecule has 0 fully saturated rings. The Balaban J connectivity index is 1.95. The zero-order valence-corrected chi connectivity index (χ0v) is 25.0. The van der Waals surface area contributed by atoms with Crippen molar-refractivity contribution >= 4 is 23.8 Å². The van der Waals surface area contributed by atoms with Gasteiger partial charge in [0.1, 0.15) is 23.7 Å².